The van der Waals surface area contributed by atoms with Gasteiger partial charge in [0.1, 0.15) is 12.1 Å². The monoisotopic (exact) mass is 413 g/mol. The number of morpholine rings is 1. The standard InChI is InChI=1S/C19H20ClN7O2/c1-12-9-26(10-13(2)29-12)18-6-4-15(8-21-18)23-19(28)16-7-14(20)3-5-17(16)27-11-22-24-25-27/h3-8,11-13H,9-10H2,1-2H3,(H,23,28). The highest BCUT2D eigenvalue weighted by atomic mass is 35.5. The molecule has 2 unspecified atom stereocenters. The summed E-state index contributed by atoms with van der Waals surface area (Å²) in [6.07, 6.45) is 3.35. The zero-order chi connectivity index (χ0) is 20.4. The van der Waals surface area contributed by atoms with Gasteiger partial charge in [0.2, 0.25) is 0 Å². The lowest BCUT2D eigenvalue weighted by Gasteiger charge is -2.36. The Morgan fingerprint density at radius 2 is 2.00 bits per heavy atom. The average Bonchev–Trinajstić information content (AvgIpc) is 3.22. The molecule has 29 heavy (non-hydrogen) atoms. The third-order valence-electron chi connectivity index (χ3n) is 4.55. The molecule has 0 saturated carbocycles. The van der Waals surface area contributed by atoms with E-state index in [1.165, 1.54) is 11.0 Å². The molecule has 10 heteroatoms. The Morgan fingerprint density at radius 3 is 2.66 bits per heavy atom. The maximum atomic E-state index is 12.8. The summed E-state index contributed by atoms with van der Waals surface area (Å²) in [5, 5.41) is 14.4. The molecule has 2 atom stereocenters. The average molecular weight is 414 g/mol. The maximum Gasteiger partial charge on any atom is 0.257 e. The third kappa shape index (κ3) is 4.36. The Labute approximate surface area is 172 Å². The molecule has 0 bridgehead atoms. The molecule has 1 N–H and O–H groups in total. The van der Waals surface area contributed by atoms with E-state index >= 15 is 0 Å². The summed E-state index contributed by atoms with van der Waals surface area (Å²) < 4.78 is 7.17. The predicted octanol–water partition coefficient (Wildman–Crippen LogP) is 2.58. The SMILES string of the molecule is CC1CN(c2ccc(NC(=O)c3cc(Cl)ccc3-n3cnnn3)cn2)CC(C)O1. The third-order valence-corrected chi connectivity index (χ3v) is 4.78. The Balaban J connectivity index is 1.52. The number of halogens is 1. The Kier molecular flexibility index (Phi) is 5.41. The molecular formula is C19H20ClN7O2. The second-order valence-electron chi connectivity index (χ2n) is 6.94. The quantitative estimate of drug-likeness (QED) is 0.701. The van der Waals surface area contributed by atoms with Crippen molar-refractivity contribution in [2.75, 3.05) is 23.3 Å². The normalized spacial score (nSPS) is 19.2. The molecule has 1 fully saturated rings. The maximum absolute atomic E-state index is 12.8. The molecule has 1 aliphatic heterocycles. The van der Waals surface area contributed by atoms with Crippen molar-refractivity contribution in [2.24, 2.45) is 0 Å². The smallest absolute Gasteiger partial charge is 0.257 e. The highest BCUT2D eigenvalue weighted by molar-refractivity contribution is 6.31. The highest BCUT2D eigenvalue weighted by Crippen LogP contribution is 2.22. The second kappa shape index (κ2) is 8.14. The van der Waals surface area contributed by atoms with Gasteiger partial charge in [0.05, 0.1) is 35.3 Å². The number of nitrogens with one attached hydrogen (secondary N) is 1. The molecule has 0 aliphatic carbocycles. The highest BCUT2D eigenvalue weighted by Gasteiger charge is 2.23. The summed E-state index contributed by atoms with van der Waals surface area (Å²) in [5.41, 5.74) is 1.46. The van der Waals surface area contributed by atoms with Crippen LogP contribution in [0.4, 0.5) is 11.5 Å². The van der Waals surface area contributed by atoms with Gasteiger partial charge in [-0.2, -0.15) is 4.68 Å². The summed E-state index contributed by atoms with van der Waals surface area (Å²) in [6.45, 7) is 5.65. The van der Waals surface area contributed by atoms with Crippen LogP contribution in [0, 0.1) is 0 Å². The van der Waals surface area contributed by atoms with E-state index in [1.807, 2.05) is 26.0 Å². The van der Waals surface area contributed by atoms with Crippen LogP contribution in [0.3, 0.4) is 0 Å². The van der Waals surface area contributed by atoms with Crippen LogP contribution in [0.5, 0.6) is 0 Å². The Morgan fingerprint density at radius 1 is 1.21 bits per heavy atom. The number of carbonyl (C=O) groups is 1. The van der Waals surface area contributed by atoms with Crippen molar-refractivity contribution in [1.29, 1.82) is 0 Å². The van der Waals surface area contributed by atoms with Crippen LogP contribution < -0.4 is 10.2 Å². The van der Waals surface area contributed by atoms with Crippen molar-refractivity contribution in [3.05, 3.63) is 53.4 Å². The van der Waals surface area contributed by atoms with E-state index in [-0.39, 0.29) is 18.1 Å². The minimum Gasteiger partial charge on any atom is -0.372 e. The summed E-state index contributed by atoms with van der Waals surface area (Å²) in [6, 6.07) is 8.66. The first-order chi connectivity index (χ1) is 14.0. The number of benzene rings is 1. The lowest BCUT2D eigenvalue weighted by molar-refractivity contribution is -0.00545. The first kappa shape index (κ1) is 19.3. The molecule has 0 radical (unpaired) electrons. The fourth-order valence-electron chi connectivity index (χ4n) is 3.37. The van der Waals surface area contributed by atoms with E-state index in [4.69, 9.17) is 16.3 Å². The van der Waals surface area contributed by atoms with Gasteiger partial charge in [-0.1, -0.05) is 11.6 Å². The number of nitrogens with zero attached hydrogens (tertiary/aromatic N) is 6. The predicted molar refractivity (Wildman–Crippen MR) is 109 cm³/mol. The van der Waals surface area contributed by atoms with Crippen LogP contribution in [0.15, 0.2) is 42.9 Å². The second-order valence-corrected chi connectivity index (χ2v) is 7.37. The molecule has 0 spiro atoms. The van der Waals surface area contributed by atoms with Gasteiger partial charge in [0, 0.05) is 18.1 Å². The summed E-state index contributed by atoms with van der Waals surface area (Å²) in [4.78, 5) is 19.5. The van der Waals surface area contributed by atoms with Gasteiger partial charge in [0.25, 0.3) is 5.91 Å². The van der Waals surface area contributed by atoms with Crippen molar-refractivity contribution < 1.29 is 9.53 Å². The van der Waals surface area contributed by atoms with Crippen molar-refractivity contribution in [1.82, 2.24) is 25.2 Å². The van der Waals surface area contributed by atoms with Crippen molar-refractivity contribution >= 4 is 29.0 Å². The van der Waals surface area contributed by atoms with Crippen molar-refractivity contribution in [3.63, 3.8) is 0 Å². The van der Waals surface area contributed by atoms with Gasteiger partial charge in [-0.3, -0.25) is 4.79 Å². The molecule has 1 saturated heterocycles. The van der Waals surface area contributed by atoms with E-state index in [1.54, 1.807) is 24.4 Å². The minimum absolute atomic E-state index is 0.146. The van der Waals surface area contributed by atoms with E-state index < -0.39 is 0 Å². The molecular weight excluding hydrogens is 394 g/mol. The van der Waals surface area contributed by atoms with E-state index in [0.717, 1.165) is 18.9 Å². The number of aromatic nitrogens is 5. The largest absolute Gasteiger partial charge is 0.372 e. The number of anilines is 2. The zero-order valence-corrected chi connectivity index (χ0v) is 16.7. The lowest BCUT2D eigenvalue weighted by atomic mass is 10.1. The summed E-state index contributed by atoms with van der Waals surface area (Å²) in [7, 11) is 0. The van der Waals surface area contributed by atoms with Crippen LogP contribution >= 0.6 is 11.6 Å². The number of carbonyl (C=O) groups excluding carboxylic acids is 1. The van der Waals surface area contributed by atoms with E-state index in [0.29, 0.717) is 22.0 Å². The first-order valence-corrected chi connectivity index (χ1v) is 9.58. The Bertz CT molecular complexity index is 984. The van der Waals surface area contributed by atoms with Crippen LogP contribution in [0.2, 0.25) is 5.02 Å². The Hall–Kier alpha value is -3.04. The number of pyridine rings is 1. The molecule has 1 amide bonds. The number of ether oxygens (including phenoxy) is 1. The number of hydrogen-bond donors (Lipinski definition) is 1. The number of hydrogen-bond acceptors (Lipinski definition) is 7. The van der Waals surface area contributed by atoms with Crippen molar-refractivity contribution in [2.45, 2.75) is 26.1 Å². The molecule has 1 aromatic carbocycles. The molecule has 4 rings (SSSR count). The van der Waals surface area contributed by atoms with Gasteiger partial charge in [0.15, 0.2) is 0 Å². The van der Waals surface area contributed by atoms with Crippen LogP contribution in [0.25, 0.3) is 5.69 Å². The number of amides is 1. The summed E-state index contributed by atoms with van der Waals surface area (Å²) in [5.74, 6) is 0.517. The summed E-state index contributed by atoms with van der Waals surface area (Å²) >= 11 is 6.09. The fourth-order valence-corrected chi connectivity index (χ4v) is 3.54. The zero-order valence-electron chi connectivity index (χ0n) is 16.0. The number of rotatable bonds is 4. The van der Waals surface area contributed by atoms with E-state index in [2.05, 4.69) is 30.7 Å². The van der Waals surface area contributed by atoms with Gasteiger partial charge in [-0.05, 0) is 54.6 Å². The van der Waals surface area contributed by atoms with Crippen LogP contribution in [-0.2, 0) is 4.74 Å². The molecule has 3 aromatic rings. The minimum atomic E-state index is -0.332. The van der Waals surface area contributed by atoms with Crippen molar-refractivity contribution in [3.8, 4) is 5.69 Å². The fraction of sp³-hybridized carbons (Fsp3) is 0.316. The van der Waals surface area contributed by atoms with Gasteiger partial charge >= 0.3 is 0 Å². The first-order valence-electron chi connectivity index (χ1n) is 9.20. The van der Waals surface area contributed by atoms with Crippen LogP contribution in [-0.4, -0.2) is 56.4 Å². The number of tetrazole rings is 1. The molecule has 1 aliphatic rings. The lowest BCUT2D eigenvalue weighted by Crippen LogP contribution is -2.45. The van der Waals surface area contributed by atoms with E-state index in [9.17, 15) is 4.79 Å². The topological polar surface area (TPSA) is 98.1 Å². The molecule has 3 heterocycles. The van der Waals surface area contributed by atoms with Gasteiger partial charge in [-0.15, -0.1) is 5.10 Å². The van der Waals surface area contributed by atoms with Gasteiger partial charge < -0.3 is 15.0 Å². The molecule has 9 nitrogen and oxygen atoms in total. The molecule has 150 valence electrons. The molecule has 2 aromatic heterocycles. The van der Waals surface area contributed by atoms with Gasteiger partial charge in [-0.25, -0.2) is 4.98 Å². The van der Waals surface area contributed by atoms with Crippen LogP contribution in [0.1, 0.15) is 24.2 Å².